The minimum Gasteiger partial charge on any atom is -0.368 e. The van der Waals surface area contributed by atoms with Gasteiger partial charge in [0.15, 0.2) is 0 Å². The molecular formula is C22H25N5O3. The number of pyridine rings is 2. The molecule has 0 spiro atoms. The number of nitrogens with zero attached hydrogens (tertiary/aromatic N) is 4. The fourth-order valence-corrected chi connectivity index (χ4v) is 3.48. The van der Waals surface area contributed by atoms with Crippen LogP contribution in [0.2, 0.25) is 0 Å². The molecule has 0 bridgehead atoms. The number of nitrogens with one attached hydrogen (secondary N) is 1. The van der Waals surface area contributed by atoms with E-state index in [2.05, 4.69) is 20.4 Å². The number of amides is 1. The second-order valence-electron chi connectivity index (χ2n) is 7.55. The summed E-state index contributed by atoms with van der Waals surface area (Å²) in [5.41, 5.74) is 2.02. The van der Waals surface area contributed by atoms with Crippen molar-refractivity contribution >= 4 is 17.5 Å². The molecule has 3 aromatic rings. The van der Waals surface area contributed by atoms with Crippen LogP contribution < -0.4 is 5.32 Å². The molecule has 156 valence electrons. The van der Waals surface area contributed by atoms with E-state index < -0.39 is 0 Å². The molecule has 0 aliphatic carbocycles. The Kier molecular flexibility index (Phi) is 5.76. The molecule has 4 rings (SSSR count). The number of anilines is 2. The minimum absolute atomic E-state index is 0.0754. The van der Waals surface area contributed by atoms with E-state index in [0.29, 0.717) is 48.3 Å². The number of hydrogen-bond donors (Lipinski definition) is 1. The molecule has 4 heterocycles. The van der Waals surface area contributed by atoms with Crippen LogP contribution in [0.1, 0.15) is 53.4 Å². The zero-order valence-corrected chi connectivity index (χ0v) is 17.3. The third-order valence-electron chi connectivity index (χ3n) is 5.03. The zero-order chi connectivity index (χ0) is 21.1. The number of carbonyl (C=O) groups excluding carboxylic acids is 1. The van der Waals surface area contributed by atoms with Crippen LogP contribution in [0, 0.1) is 6.92 Å². The van der Waals surface area contributed by atoms with Crippen LogP contribution in [0.5, 0.6) is 0 Å². The molecule has 1 unspecified atom stereocenters. The van der Waals surface area contributed by atoms with Crippen molar-refractivity contribution in [2.24, 2.45) is 0 Å². The van der Waals surface area contributed by atoms with Crippen molar-refractivity contribution in [3.8, 4) is 0 Å². The predicted octanol–water partition coefficient (Wildman–Crippen LogP) is 3.85. The molecule has 8 heteroatoms. The molecule has 1 N–H and O–H groups in total. The van der Waals surface area contributed by atoms with Gasteiger partial charge < -0.3 is 19.5 Å². The van der Waals surface area contributed by atoms with E-state index in [-0.39, 0.29) is 17.9 Å². The number of hydrogen-bond acceptors (Lipinski definition) is 7. The summed E-state index contributed by atoms with van der Waals surface area (Å²) in [5, 5.41) is 7.27. The molecule has 1 saturated heterocycles. The highest BCUT2D eigenvalue weighted by atomic mass is 16.5. The van der Waals surface area contributed by atoms with Crippen LogP contribution in [0.25, 0.3) is 0 Å². The summed E-state index contributed by atoms with van der Waals surface area (Å²) in [6.45, 7) is 7.15. The van der Waals surface area contributed by atoms with Gasteiger partial charge in [-0.3, -0.25) is 4.79 Å². The lowest BCUT2D eigenvalue weighted by atomic mass is 10.0. The van der Waals surface area contributed by atoms with Crippen molar-refractivity contribution in [2.75, 3.05) is 25.0 Å². The quantitative estimate of drug-likeness (QED) is 0.686. The molecule has 30 heavy (non-hydrogen) atoms. The fraction of sp³-hybridized carbons (Fsp3) is 0.364. The molecule has 8 nitrogen and oxygen atoms in total. The second kappa shape index (κ2) is 8.62. The van der Waals surface area contributed by atoms with Gasteiger partial charge in [-0.25, -0.2) is 9.97 Å². The van der Waals surface area contributed by atoms with E-state index in [1.807, 2.05) is 50.2 Å². The maximum absolute atomic E-state index is 13.2. The standard InChI is InChI=1S/C22H25N5O3/c1-14(2)21-20(15(3)30-26-21)22(28)27-11-12-29-17(13-27)16-7-6-9-19(24-16)25-18-8-4-5-10-23-18/h4-10,14,17H,11-13H2,1-3H3,(H,23,24,25). The van der Waals surface area contributed by atoms with Gasteiger partial charge >= 0.3 is 0 Å². The smallest absolute Gasteiger partial charge is 0.259 e. The van der Waals surface area contributed by atoms with E-state index in [9.17, 15) is 4.79 Å². The molecular weight excluding hydrogens is 382 g/mol. The first-order chi connectivity index (χ1) is 14.5. The Labute approximate surface area is 175 Å². The molecule has 1 aliphatic rings. The van der Waals surface area contributed by atoms with Crippen molar-refractivity contribution < 1.29 is 14.1 Å². The van der Waals surface area contributed by atoms with Crippen molar-refractivity contribution in [1.29, 1.82) is 0 Å². The van der Waals surface area contributed by atoms with E-state index in [0.717, 1.165) is 5.69 Å². The lowest BCUT2D eigenvalue weighted by molar-refractivity contribution is -0.0247. The first-order valence-corrected chi connectivity index (χ1v) is 10.0. The van der Waals surface area contributed by atoms with E-state index in [1.165, 1.54) is 0 Å². The molecule has 1 amide bonds. The van der Waals surface area contributed by atoms with Crippen LogP contribution in [-0.4, -0.2) is 45.6 Å². The average molecular weight is 407 g/mol. The highest BCUT2D eigenvalue weighted by Crippen LogP contribution is 2.27. The van der Waals surface area contributed by atoms with Gasteiger partial charge in [0.05, 0.1) is 24.5 Å². The first kappa shape index (κ1) is 20.0. The monoisotopic (exact) mass is 407 g/mol. The van der Waals surface area contributed by atoms with Crippen molar-refractivity contribution in [3.63, 3.8) is 0 Å². The summed E-state index contributed by atoms with van der Waals surface area (Å²) in [4.78, 5) is 23.9. The Bertz CT molecular complexity index is 1020. The van der Waals surface area contributed by atoms with Crippen LogP contribution in [0.3, 0.4) is 0 Å². The third kappa shape index (κ3) is 4.18. The number of aromatic nitrogens is 3. The molecule has 1 fully saturated rings. The van der Waals surface area contributed by atoms with Gasteiger partial charge in [-0.15, -0.1) is 0 Å². The molecule has 1 aliphatic heterocycles. The van der Waals surface area contributed by atoms with E-state index >= 15 is 0 Å². The van der Waals surface area contributed by atoms with Gasteiger partial charge in [0.2, 0.25) is 0 Å². The van der Waals surface area contributed by atoms with Gasteiger partial charge in [-0.1, -0.05) is 31.1 Å². The van der Waals surface area contributed by atoms with Crippen molar-refractivity contribution in [1.82, 2.24) is 20.0 Å². The number of carbonyl (C=O) groups is 1. The molecule has 0 aromatic carbocycles. The highest BCUT2D eigenvalue weighted by Gasteiger charge is 2.31. The largest absolute Gasteiger partial charge is 0.368 e. The van der Waals surface area contributed by atoms with Crippen molar-refractivity contribution in [3.05, 3.63) is 65.3 Å². The maximum Gasteiger partial charge on any atom is 0.259 e. The molecule has 3 aromatic heterocycles. The lowest BCUT2D eigenvalue weighted by Gasteiger charge is -2.33. The number of aryl methyl sites for hydroxylation is 1. The second-order valence-corrected chi connectivity index (χ2v) is 7.55. The Morgan fingerprint density at radius 1 is 1.20 bits per heavy atom. The molecule has 0 radical (unpaired) electrons. The summed E-state index contributed by atoms with van der Waals surface area (Å²) in [6.07, 6.45) is 1.41. The fourth-order valence-electron chi connectivity index (χ4n) is 3.48. The zero-order valence-electron chi connectivity index (χ0n) is 17.3. The van der Waals surface area contributed by atoms with Gasteiger partial charge in [-0.05, 0) is 37.1 Å². The summed E-state index contributed by atoms with van der Waals surface area (Å²) in [6, 6.07) is 11.3. The summed E-state index contributed by atoms with van der Waals surface area (Å²) >= 11 is 0. The van der Waals surface area contributed by atoms with Crippen LogP contribution in [-0.2, 0) is 4.74 Å². The highest BCUT2D eigenvalue weighted by molar-refractivity contribution is 5.96. The Balaban J connectivity index is 1.51. The summed E-state index contributed by atoms with van der Waals surface area (Å²) in [5.74, 6) is 1.97. The van der Waals surface area contributed by atoms with Crippen LogP contribution in [0.4, 0.5) is 11.6 Å². The lowest BCUT2D eigenvalue weighted by Crippen LogP contribution is -2.42. The number of ether oxygens (including phenoxy) is 1. The topological polar surface area (TPSA) is 93.4 Å². The first-order valence-electron chi connectivity index (χ1n) is 10.0. The normalized spacial score (nSPS) is 16.7. The number of morpholine rings is 1. The van der Waals surface area contributed by atoms with Crippen LogP contribution in [0.15, 0.2) is 47.1 Å². The van der Waals surface area contributed by atoms with E-state index in [1.54, 1.807) is 18.0 Å². The van der Waals surface area contributed by atoms with Crippen molar-refractivity contribution in [2.45, 2.75) is 32.8 Å². The Morgan fingerprint density at radius 3 is 2.80 bits per heavy atom. The maximum atomic E-state index is 13.2. The van der Waals surface area contributed by atoms with Gasteiger partial charge in [-0.2, -0.15) is 0 Å². The molecule has 1 atom stereocenters. The average Bonchev–Trinajstić information content (AvgIpc) is 3.16. The van der Waals surface area contributed by atoms with E-state index in [4.69, 9.17) is 9.26 Å². The summed E-state index contributed by atoms with van der Waals surface area (Å²) in [7, 11) is 0. The van der Waals surface area contributed by atoms with Gasteiger partial charge in [0.1, 0.15) is 29.1 Å². The van der Waals surface area contributed by atoms with Crippen LogP contribution >= 0.6 is 0 Å². The van der Waals surface area contributed by atoms with Gasteiger partial charge in [0.25, 0.3) is 5.91 Å². The van der Waals surface area contributed by atoms with Gasteiger partial charge in [0, 0.05) is 12.7 Å². The SMILES string of the molecule is Cc1onc(C(C)C)c1C(=O)N1CCOC(c2cccc(Nc3ccccn3)n2)C1. The number of rotatable bonds is 5. The predicted molar refractivity (Wildman–Crippen MR) is 112 cm³/mol. The third-order valence-corrected chi connectivity index (χ3v) is 5.03. The minimum atomic E-state index is -0.309. The summed E-state index contributed by atoms with van der Waals surface area (Å²) < 4.78 is 11.2. The Hall–Kier alpha value is -3.26. The Morgan fingerprint density at radius 2 is 2.03 bits per heavy atom. The molecule has 0 saturated carbocycles.